The van der Waals surface area contributed by atoms with Crippen LogP contribution >= 0.6 is 11.8 Å². The number of hydrogen-bond acceptors (Lipinski definition) is 2. The smallest absolute Gasteiger partial charge is 0.0320 e. The summed E-state index contributed by atoms with van der Waals surface area (Å²) in [4.78, 5) is 0. The van der Waals surface area contributed by atoms with E-state index in [2.05, 4.69) is 48.8 Å². The Morgan fingerprint density at radius 2 is 1.80 bits per heavy atom. The molecule has 0 aliphatic heterocycles. The summed E-state index contributed by atoms with van der Waals surface area (Å²) in [7, 11) is 0. The Hall–Kier alpha value is -0.470. The second-order valence-corrected chi connectivity index (χ2v) is 6.45. The molecular formula is C18H31NS. The second-order valence-electron chi connectivity index (χ2n) is 5.47. The summed E-state index contributed by atoms with van der Waals surface area (Å²) in [5.41, 5.74) is 1.45. The van der Waals surface area contributed by atoms with Gasteiger partial charge in [-0.3, -0.25) is 0 Å². The quantitative estimate of drug-likeness (QED) is 0.516. The molecule has 0 saturated heterocycles. The van der Waals surface area contributed by atoms with Gasteiger partial charge in [0.2, 0.25) is 0 Å². The normalized spacial score (nSPS) is 12.5. The fourth-order valence-corrected chi connectivity index (χ4v) is 2.99. The summed E-state index contributed by atoms with van der Waals surface area (Å²) in [6.07, 6.45) is 11.4. The van der Waals surface area contributed by atoms with Crippen LogP contribution in [0.5, 0.6) is 0 Å². The molecule has 114 valence electrons. The van der Waals surface area contributed by atoms with Gasteiger partial charge in [0.15, 0.2) is 0 Å². The van der Waals surface area contributed by atoms with Crippen LogP contribution in [0.25, 0.3) is 0 Å². The molecule has 0 amide bonds. The van der Waals surface area contributed by atoms with Gasteiger partial charge in [-0.15, -0.1) is 0 Å². The van der Waals surface area contributed by atoms with Crippen LogP contribution in [0, 0.1) is 0 Å². The SMILES string of the molecule is CCCCCC(NCCCCCSC)c1ccccc1. The number of benzene rings is 1. The lowest BCUT2D eigenvalue weighted by molar-refractivity contribution is 0.465. The summed E-state index contributed by atoms with van der Waals surface area (Å²) in [6.45, 7) is 3.43. The van der Waals surface area contributed by atoms with Crippen molar-refractivity contribution in [2.75, 3.05) is 18.6 Å². The van der Waals surface area contributed by atoms with Crippen LogP contribution in [0.4, 0.5) is 0 Å². The van der Waals surface area contributed by atoms with Gasteiger partial charge < -0.3 is 5.32 Å². The molecule has 0 heterocycles. The average Bonchev–Trinajstić information content (AvgIpc) is 2.50. The third-order valence-electron chi connectivity index (χ3n) is 3.71. The Kier molecular flexibility index (Phi) is 10.8. The molecule has 1 aromatic carbocycles. The molecule has 0 aliphatic carbocycles. The van der Waals surface area contributed by atoms with Crippen molar-refractivity contribution in [2.45, 2.75) is 57.9 Å². The van der Waals surface area contributed by atoms with Gasteiger partial charge in [-0.05, 0) is 43.4 Å². The number of unbranched alkanes of at least 4 members (excludes halogenated alkanes) is 4. The van der Waals surface area contributed by atoms with Gasteiger partial charge in [0.25, 0.3) is 0 Å². The van der Waals surface area contributed by atoms with Gasteiger partial charge >= 0.3 is 0 Å². The summed E-state index contributed by atoms with van der Waals surface area (Å²) >= 11 is 1.96. The Bertz CT molecular complexity index is 312. The predicted octanol–water partition coefficient (Wildman–Crippen LogP) is 5.43. The molecule has 0 aromatic heterocycles. The van der Waals surface area contributed by atoms with E-state index < -0.39 is 0 Å². The van der Waals surface area contributed by atoms with E-state index in [1.54, 1.807) is 0 Å². The first-order valence-corrected chi connectivity index (χ1v) is 9.55. The molecule has 0 bridgehead atoms. The van der Waals surface area contributed by atoms with E-state index in [1.807, 2.05) is 11.8 Å². The van der Waals surface area contributed by atoms with Crippen molar-refractivity contribution >= 4 is 11.8 Å². The highest BCUT2D eigenvalue weighted by Gasteiger charge is 2.09. The molecule has 2 heteroatoms. The maximum Gasteiger partial charge on any atom is 0.0320 e. The minimum Gasteiger partial charge on any atom is -0.310 e. The molecule has 1 aromatic rings. The van der Waals surface area contributed by atoms with E-state index in [9.17, 15) is 0 Å². The standard InChI is InChI=1S/C18H31NS/c1-3-4-7-14-18(17-12-8-5-9-13-17)19-15-10-6-11-16-20-2/h5,8-9,12-13,18-19H,3-4,6-7,10-11,14-16H2,1-2H3. The lowest BCUT2D eigenvalue weighted by atomic mass is 10.0. The van der Waals surface area contributed by atoms with E-state index in [4.69, 9.17) is 0 Å². The van der Waals surface area contributed by atoms with Crippen molar-refractivity contribution in [1.29, 1.82) is 0 Å². The van der Waals surface area contributed by atoms with E-state index in [-0.39, 0.29) is 0 Å². The van der Waals surface area contributed by atoms with Crippen molar-refractivity contribution in [1.82, 2.24) is 5.32 Å². The van der Waals surface area contributed by atoms with Crippen molar-refractivity contribution in [3.8, 4) is 0 Å². The molecule has 1 unspecified atom stereocenters. The average molecular weight is 294 g/mol. The minimum atomic E-state index is 0.545. The van der Waals surface area contributed by atoms with E-state index in [0.29, 0.717) is 6.04 Å². The third kappa shape index (κ3) is 7.96. The van der Waals surface area contributed by atoms with Crippen LogP contribution in [0.2, 0.25) is 0 Å². The van der Waals surface area contributed by atoms with Crippen LogP contribution in [0.1, 0.15) is 63.5 Å². The summed E-state index contributed by atoms with van der Waals surface area (Å²) in [5, 5.41) is 3.77. The van der Waals surface area contributed by atoms with Gasteiger partial charge in [0, 0.05) is 6.04 Å². The highest BCUT2D eigenvalue weighted by molar-refractivity contribution is 7.98. The predicted molar refractivity (Wildman–Crippen MR) is 93.6 cm³/mol. The molecule has 1 rings (SSSR count). The van der Waals surface area contributed by atoms with Gasteiger partial charge in [-0.2, -0.15) is 11.8 Å². The Morgan fingerprint density at radius 3 is 2.50 bits per heavy atom. The van der Waals surface area contributed by atoms with Crippen LogP contribution in [-0.4, -0.2) is 18.6 Å². The molecule has 1 N–H and O–H groups in total. The van der Waals surface area contributed by atoms with Crippen LogP contribution in [0.3, 0.4) is 0 Å². The zero-order valence-corrected chi connectivity index (χ0v) is 14.1. The molecule has 1 nitrogen and oxygen atoms in total. The lowest BCUT2D eigenvalue weighted by Crippen LogP contribution is -2.22. The first-order valence-electron chi connectivity index (χ1n) is 8.15. The first kappa shape index (κ1) is 17.6. The van der Waals surface area contributed by atoms with Gasteiger partial charge in [-0.25, -0.2) is 0 Å². The van der Waals surface area contributed by atoms with Crippen molar-refractivity contribution in [2.24, 2.45) is 0 Å². The lowest BCUT2D eigenvalue weighted by Gasteiger charge is -2.19. The van der Waals surface area contributed by atoms with E-state index in [0.717, 1.165) is 6.54 Å². The third-order valence-corrected chi connectivity index (χ3v) is 4.41. The van der Waals surface area contributed by atoms with Crippen molar-refractivity contribution in [3.05, 3.63) is 35.9 Å². The second kappa shape index (κ2) is 12.3. The minimum absolute atomic E-state index is 0.545. The zero-order chi connectivity index (χ0) is 14.5. The summed E-state index contributed by atoms with van der Waals surface area (Å²) < 4.78 is 0. The van der Waals surface area contributed by atoms with Crippen molar-refractivity contribution in [3.63, 3.8) is 0 Å². The molecule has 0 spiro atoms. The number of rotatable bonds is 12. The Balaban J connectivity index is 2.31. The van der Waals surface area contributed by atoms with Crippen LogP contribution in [-0.2, 0) is 0 Å². The molecule has 20 heavy (non-hydrogen) atoms. The zero-order valence-electron chi connectivity index (χ0n) is 13.2. The Morgan fingerprint density at radius 1 is 1.00 bits per heavy atom. The monoisotopic (exact) mass is 293 g/mol. The molecular weight excluding hydrogens is 262 g/mol. The van der Waals surface area contributed by atoms with Crippen LogP contribution < -0.4 is 5.32 Å². The first-order chi connectivity index (χ1) is 9.88. The van der Waals surface area contributed by atoms with E-state index in [1.165, 1.54) is 56.3 Å². The molecule has 0 saturated carbocycles. The van der Waals surface area contributed by atoms with E-state index >= 15 is 0 Å². The number of nitrogens with one attached hydrogen (secondary N) is 1. The molecule has 0 radical (unpaired) electrons. The van der Waals surface area contributed by atoms with Crippen LogP contribution in [0.15, 0.2) is 30.3 Å². The van der Waals surface area contributed by atoms with Gasteiger partial charge in [-0.1, -0.05) is 62.9 Å². The maximum atomic E-state index is 3.77. The maximum absolute atomic E-state index is 3.77. The fraction of sp³-hybridized carbons (Fsp3) is 0.667. The molecule has 0 fully saturated rings. The number of thioether (sulfide) groups is 1. The van der Waals surface area contributed by atoms with Crippen molar-refractivity contribution < 1.29 is 0 Å². The van der Waals surface area contributed by atoms with Gasteiger partial charge in [0.05, 0.1) is 0 Å². The largest absolute Gasteiger partial charge is 0.310 e. The Labute approximate surface area is 129 Å². The molecule has 1 atom stereocenters. The molecule has 0 aliphatic rings. The highest BCUT2D eigenvalue weighted by atomic mass is 32.2. The highest BCUT2D eigenvalue weighted by Crippen LogP contribution is 2.19. The summed E-state index contributed by atoms with van der Waals surface area (Å²) in [6, 6.07) is 11.5. The number of hydrogen-bond donors (Lipinski definition) is 1. The summed E-state index contributed by atoms with van der Waals surface area (Å²) in [5.74, 6) is 1.30. The fourth-order valence-electron chi connectivity index (χ4n) is 2.49. The topological polar surface area (TPSA) is 12.0 Å². The van der Waals surface area contributed by atoms with Gasteiger partial charge in [0.1, 0.15) is 0 Å².